The van der Waals surface area contributed by atoms with Crippen molar-refractivity contribution in [2.75, 3.05) is 12.0 Å². The second-order valence-corrected chi connectivity index (χ2v) is 7.17. The lowest BCUT2D eigenvalue weighted by Crippen LogP contribution is -2.42. The summed E-state index contributed by atoms with van der Waals surface area (Å²) in [5.74, 6) is -2.62. The third kappa shape index (κ3) is 4.29. The van der Waals surface area contributed by atoms with E-state index in [9.17, 15) is 18.0 Å². The number of carboxylic acids is 1. The van der Waals surface area contributed by atoms with Crippen LogP contribution < -0.4 is 5.32 Å². The smallest absolute Gasteiger partial charge is 0.307 e. The van der Waals surface area contributed by atoms with Crippen LogP contribution in [0.4, 0.5) is 0 Å². The molecule has 0 aliphatic heterocycles. The van der Waals surface area contributed by atoms with Crippen LogP contribution >= 0.6 is 0 Å². The Morgan fingerprint density at radius 1 is 1.33 bits per heavy atom. The number of carbonyl (C=O) groups is 2. The molecule has 3 unspecified atom stereocenters. The molecule has 0 radical (unpaired) electrons. The fourth-order valence-corrected chi connectivity index (χ4v) is 3.41. The molecule has 1 rings (SSSR count). The maximum absolute atomic E-state index is 11.9. The molecule has 1 amide bonds. The molecule has 1 aliphatic carbocycles. The fourth-order valence-electron chi connectivity index (χ4n) is 2.42. The van der Waals surface area contributed by atoms with Crippen molar-refractivity contribution in [2.45, 2.75) is 32.2 Å². The van der Waals surface area contributed by atoms with E-state index in [1.54, 1.807) is 6.92 Å². The van der Waals surface area contributed by atoms with Gasteiger partial charge in [-0.2, -0.15) is 0 Å². The van der Waals surface area contributed by atoms with E-state index in [-0.39, 0.29) is 11.7 Å². The Morgan fingerprint density at radius 2 is 1.89 bits per heavy atom. The molecule has 0 aromatic carbocycles. The molecule has 0 bridgehead atoms. The number of hydrogen-bond donors (Lipinski definition) is 2. The Kier molecular flexibility index (Phi) is 4.72. The largest absolute Gasteiger partial charge is 0.481 e. The first kappa shape index (κ1) is 14.9. The Morgan fingerprint density at radius 3 is 2.39 bits per heavy atom. The standard InChI is InChI=1S/C11H19NO5S/c1-7(6-18(2,16)17)12-10(13)8-4-3-5-9(8)11(14)15/h7-9H,3-6H2,1-2H3,(H,12,13)(H,14,15). The van der Waals surface area contributed by atoms with Crippen LogP contribution in [0.15, 0.2) is 0 Å². The Balaban J connectivity index is 2.57. The van der Waals surface area contributed by atoms with Gasteiger partial charge in [0.2, 0.25) is 5.91 Å². The molecule has 0 saturated heterocycles. The highest BCUT2D eigenvalue weighted by atomic mass is 32.2. The summed E-state index contributed by atoms with van der Waals surface area (Å²) in [6.45, 7) is 1.60. The van der Waals surface area contributed by atoms with E-state index in [0.717, 1.165) is 12.7 Å². The second-order valence-electron chi connectivity index (χ2n) is 4.98. The van der Waals surface area contributed by atoms with Gasteiger partial charge in [-0.05, 0) is 19.8 Å². The molecule has 0 heterocycles. The van der Waals surface area contributed by atoms with Gasteiger partial charge in [-0.1, -0.05) is 6.42 Å². The molecule has 18 heavy (non-hydrogen) atoms. The van der Waals surface area contributed by atoms with Crippen LogP contribution in [0.2, 0.25) is 0 Å². The molecule has 3 atom stereocenters. The SMILES string of the molecule is CC(CS(C)(=O)=O)NC(=O)C1CCCC1C(=O)O. The number of carboxylic acid groups (broad SMARTS) is 1. The van der Waals surface area contributed by atoms with Crippen molar-refractivity contribution >= 4 is 21.7 Å². The first-order valence-corrected chi connectivity index (χ1v) is 7.97. The molecule has 0 spiro atoms. The molecule has 2 N–H and O–H groups in total. The number of nitrogens with one attached hydrogen (secondary N) is 1. The number of rotatable bonds is 5. The van der Waals surface area contributed by atoms with Gasteiger partial charge in [0.25, 0.3) is 0 Å². The zero-order valence-corrected chi connectivity index (χ0v) is 11.4. The maximum Gasteiger partial charge on any atom is 0.307 e. The van der Waals surface area contributed by atoms with E-state index in [2.05, 4.69) is 5.32 Å². The lowest BCUT2D eigenvalue weighted by Gasteiger charge is -2.19. The van der Waals surface area contributed by atoms with Crippen molar-refractivity contribution in [2.24, 2.45) is 11.8 Å². The van der Waals surface area contributed by atoms with Gasteiger partial charge in [-0.3, -0.25) is 9.59 Å². The van der Waals surface area contributed by atoms with E-state index < -0.39 is 33.7 Å². The minimum absolute atomic E-state index is 0.136. The number of hydrogen-bond acceptors (Lipinski definition) is 4. The second kappa shape index (κ2) is 5.69. The summed E-state index contributed by atoms with van der Waals surface area (Å²) in [4.78, 5) is 22.8. The average Bonchev–Trinajstić information content (AvgIpc) is 2.61. The summed E-state index contributed by atoms with van der Waals surface area (Å²) >= 11 is 0. The van der Waals surface area contributed by atoms with Crippen LogP contribution in [-0.2, 0) is 19.4 Å². The van der Waals surface area contributed by atoms with Gasteiger partial charge in [-0.25, -0.2) is 8.42 Å². The molecular formula is C11H19NO5S. The predicted octanol–water partition coefficient (Wildman–Crippen LogP) is 0.0366. The fraction of sp³-hybridized carbons (Fsp3) is 0.818. The molecule has 1 fully saturated rings. The maximum atomic E-state index is 11.9. The Bertz CT molecular complexity index is 431. The minimum Gasteiger partial charge on any atom is -0.481 e. The zero-order chi connectivity index (χ0) is 13.9. The number of aliphatic carboxylic acids is 1. The lowest BCUT2D eigenvalue weighted by atomic mass is 9.95. The van der Waals surface area contributed by atoms with Crippen LogP contribution in [0.25, 0.3) is 0 Å². The third-order valence-electron chi connectivity index (χ3n) is 3.11. The van der Waals surface area contributed by atoms with Crippen molar-refractivity contribution in [1.29, 1.82) is 0 Å². The van der Waals surface area contributed by atoms with E-state index in [1.807, 2.05) is 0 Å². The van der Waals surface area contributed by atoms with Crippen LogP contribution in [0.5, 0.6) is 0 Å². The summed E-state index contributed by atoms with van der Waals surface area (Å²) in [6.07, 6.45) is 2.88. The van der Waals surface area contributed by atoms with Crippen LogP contribution in [0.3, 0.4) is 0 Å². The van der Waals surface area contributed by atoms with Crippen molar-refractivity contribution < 1.29 is 23.1 Å². The zero-order valence-electron chi connectivity index (χ0n) is 10.5. The first-order valence-electron chi connectivity index (χ1n) is 5.91. The van der Waals surface area contributed by atoms with E-state index in [4.69, 9.17) is 5.11 Å². The summed E-state index contributed by atoms with van der Waals surface area (Å²) in [5, 5.41) is 11.6. The molecule has 6 nitrogen and oxygen atoms in total. The highest BCUT2D eigenvalue weighted by molar-refractivity contribution is 7.90. The van der Waals surface area contributed by atoms with E-state index >= 15 is 0 Å². The third-order valence-corrected chi connectivity index (χ3v) is 4.22. The van der Waals surface area contributed by atoms with Gasteiger partial charge in [-0.15, -0.1) is 0 Å². The number of sulfone groups is 1. The van der Waals surface area contributed by atoms with E-state index in [1.165, 1.54) is 0 Å². The molecule has 7 heteroatoms. The summed E-state index contributed by atoms with van der Waals surface area (Å²) in [6, 6.07) is -0.498. The van der Waals surface area contributed by atoms with E-state index in [0.29, 0.717) is 12.8 Å². The monoisotopic (exact) mass is 277 g/mol. The molecule has 104 valence electrons. The summed E-state index contributed by atoms with van der Waals surface area (Å²) in [5.41, 5.74) is 0. The van der Waals surface area contributed by atoms with Gasteiger partial charge in [0.05, 0.1) is 17.6 Å². The Labute approximate surface area is 107 Å². The molecule has 1 saturated carbocycles. The summed E-state index contributed by atoms with van der Waals surface area (Å²) in [7, 11) is -3.15. The van der Waals surface area contributed by atoms with Gasteiger partial charge in [0.1, 0.15) is 9.84 Å². The quantitative estimate of drug-likeness (QED) is 0.738. The van der Waals surface area contributed by atoms with Crippen LogP contribution in [0, 0.1) is 11.8 Å². The number of amides is 1. The molecule has 0 aromatic rings. The van der Waals surface area contributed by atoms with Gasteiger partial charge >= 0.3 is 5.97 Å². The minimum atomic E-state index is -3.15. The predicted molar refractivity (Wildman–Crippen MR) is 65.8 cm³/mol. The topological polar surface area (TPSA) is 101 Å². The van der Waals surface area contributed by atoms with Crippen molar-refractivity contribution in [1.82, 2.24) is 5.32 Å². The van der Waals surface area contributed by atoms with Crippen molar-refractivity contribution in [3.8, 4) is 0 Å². The highest BCUT2D eigenvalue weighted by Gasteiger charge is 2.38. The molecular weight excluding hydrogens is 258 g/mol. The molecule has 1 aliphatic rings. The lowest BCUT2D eigenvalue weighted by molar-refractivity contribution is -0.146. The van der Waals surface area contributed by atoms with Gasteiger partial charge in [0.15, 0.2) is 0 Å². The highest BCUT2D eigenvalue weighted by Crippen LogP contribution is 2.32. The number of carbonyl (C=O) groups excluding carboxylic acids is 1. The normalized spacial score (nSPS) is 25.7. The van der Waals surface area contributed by atoms with Gasteiger partial charge < -0.3 is 10.4 Å². The van der Waals surface area contributed by atoms with Crippen molar-refractivity contribution in [3.05, 3.63) is 0 Å². The first-order chi connectivity index (χ1) is 8.20. The molecule has 0 aromatic heterocycles. The van der Waals surface area contributed by atoms with Gasteiger partial charge in [0, 0.05) is 12.3 Å². The summed E-state index contributed by atoms with van der Waals surface area (Å²) < 4.78 is 22.1. The average molecular weight is 277 g/mol. The van der Waals surface area contributed by atoms with Crippen LogP contribution in [0.1, 0.15) is 26.2 Å². The van der Waals surface area contributed by atoms with Crippen LogP contribution in [-0.4, -0.2) is 43.5 Å². The Hall–Kier alpha value is -1.11. The van der Waals surface area contributed by atoms with Crippen molar-refractivity contribution in [3.63, 3.8) is 0 Å².